The molecule has 0 aliphatic heterocycles. The molecule has 0 bridgehead atoms. The summed E-state index contributed by atoms with van der Waals surface area (Å²) >= 11 is 15.6. The Labute approximate surface area is 181 Å². The Balaban J connectivity index is 1.74. The van der Waals surface area contributed by atoms with Crippen LogP contribution >= 0.6 is 39.1 Å². The highest BCUT2D eigenvalue weighted by molar-refractivity contribution is 9.10. The summed E-state index contributed by atoms with van der Waals surface area (Å²) in [6, 6.07) is 15.4. The average molecular weight is 485 g/mol. The van der Waals surface area contributed by atoms with E-state index < -0.39 is 0 Å². The van der Waals surface area contributed by atoms with Crippen molar-refractivity contribution < 1.29 is 13.9 Å². The highest BCUT2D eigenvalue weighted by atomic mass is 79.9. The molecule has 3 rings (SSSR count). The summed E-state index contributed by atoms with van der Waals surface area (Å²) in [7, 11) is 1.56. The Morgan fingerprint density at radius 2 is 1.68 bits per heavy atom. The molecule has 0 radical (unpaired) electrons. The molecule has 1 N–H and O–H groups in total. The molecule has 3 aromatic rings. The minimum Gasteiger partial charge on any atom is -0.493 e. The predicted octanol–water partition coefficient (Wildman–Crippen LogP) is 7.09. The molecule has 0 unspecified atom stereocenters. The van der Waals surface area contributed by atoms with Crippen molar-refractivity contribution in [1.29, 1.82) is 0 Å². The van der Waals surface area contributed by atoms with E-state index in [0.29, 0.717) is 33.7 Å². The molecule has 28 heavy (non-hydrogen) atoms. The lowest BCUT2D eigenvalue weighted by atomic mass is 10.2. The van der Waals surface area contributed by atoms with Crippen LogP contribution in [-0.2, 0) is 13.2 Å². The molecular formula is C21H17BrCl2FNO2. The first-order chi connectivity index (χ1) is 13.5. The van der Waals surface area contributed by atoms with Crippen LogP contribution in [0.3, 0.4) is 0 Å². The highest BCUT2D eigenvalue weighted by Crippen LogP contribution is 2.35. The topological polar surface area (TPSA) is 30.5 Å². The van der Waals surface area contributed by atoms with Gasteiger partial charge in [-0.2, -0.15) is 0 Å². The smallest absolute Gasteiger partial charge is 0.162 e. The zero-order valence-corrected chi connectivity index (χ0v) is 18.0. The van der Waals surface area contributed by atoms with Gasteiger partial charge in [-0.15, -0.1) is 0 Å². The number of methoxy groups -OCH3 is 1. The molecule has 0 atom stereocenters. The number of hydrogen-bond donors (Lipinski definition) is 1. The monoisotopic (exact) mass is 483 g/mol. The standard InChI is InChI=1S/C21H17BrCl2FNO2/c1-27-20-6-14(11-26-17-8-15(23)7-16(24)9-17)18(22)10-21(20)28-12-13-4-2-3-5-19(13)25/h2-10,26H,11-12H2,1H3. The molecule has 0 saturated carbocycles. The maximum Gasteiger partial charge on any atom is 0.162 e. The minimum absolute atomic E-state index is 0.105. The quantitative estimate of drug-likeness (QED) is 0.388. The lowest BCUT2D eigenvalue weighted by molar-refractivity contribution is 0.279. The van der Waals surface area contributed by atoms with Crippen LogP contribution in [0, 0.1) is 5.82 Å². The van der Waals surface area contributed by atoms with E-state index in [1.165, 1.54) is 6.07 Å². The van der Waals surface area contributed by atoms with Crippen molar-refractivity contribution in [2.24, 2.45) is 0 Å². The van der Waals surface area contributed by atoms with Crippen LogP contribution in [0.4, 0.5) is 10.1 Å². The fourth-order valence-electron chi connectivity index (χ4n) is 2.61. The van der Waals surface area contributed by atoms with Crippen LogP contribution in [0.1, 0.15) is 11.1 Å². The van der Waals surface area contributed by atoms with Gasteiger partial charge in [0.05, 0.1) is 7.11 Å². The van der Waals surface area contributed by atoms with Gasteiger partial charge in [-0.3, -0.25) is 0 Å². The summed E-state index contributed by atoms with van der Waals surface area (Å²) in [6.45, 7) is 0.620. The molecule has 3 nitrogen and oxygen atoms in total. The minimum atomic E-state index is -0.304. The van der Waals surface area contributed by atoms with E-state index in [9.17, 15) is 4.39 Å². The number of ether oxygens (including phenoxy) is 2. The van der Waals surface area contributed by atoms with Gasteiger partial charge in [0.25, 0.3) is 0 Å². The first-order valence-electron chi connectivity index (χ1n) is 8.39. The van der Waals surface area contributed by atoms with E-state index in [1.54, 1.807) is 43.5 Å². The van der Waals surface area contributed by atoms with Crippen LogP contribution in [0.25, 0.3) is 0 Å². The highest BCUT2D eigenvalue weighted by Gasteiger charge is 2.12. The van der Waals surface area contributed by atoms with Gasteiger partial charge in [0.2, 0.25) is 0 Å². The van der Waals surface area contributed by atoms with Gasteiger partial charge in [-0.05, 0) is 42.0 Å². The first kappa shape index (κ1) is 20.8. The zero-order valence-electron chi connectivity index (χ0n) is 14.9. The van der Waals surface area contributed by atoms with E-state index in [4.69, 9.17) is 32.7 Å². The van der Waals surface area contributed by atoms with Crippen molar-refractivity contribution in [3.63, 3.8) is 0 Å². The van der Waals surface area contributed by atoms with E-state index >= 15 is 0 Å². The Kier molecular flexibility index (Phi) is 7.05. The van der Waals surface area contributed by atoms with Crippen molar-refractivity contribution in [2.75, 3.05) is 12.4 Å². The zero-order chi connectivity index (χ0) is 20.1. The number of halogens is 4. The summed E-state index contributed by atoms with van der Waals surface area (Å²) in [5, 5.41) is 4.39. The summed E-state index contributed by atoms with van der Waals surface area (Å²) in [5.74, 6) is 0.772. The SMILES string of the molecule is COc1cc(CNc2cc(Cl)cc(Cl)c2)c(Br)cc1OCc1ccccc1F. The molecule has 0 spiro atoms. The summed E-state index contributed by atoms with van der Waals surface area (Å²) in [5.41, 5.74) is 2.23. The predicted molar refractivity (Wildman–Crippen MR) is 115 cm³/mol. The molecule has 0 fully saturated rings. The Hall–Kier alpha value is -1.95. The molecule has 0 aliphatic carbocycles. The van der Waals surface area contributed by atoms with Gasteiger partial charge in [0.1, 0.15) is 12.4 Å². The van der Waals surface area contributed by atoms with Crippen LogP contribution < -0.4 is 14.8 Å². The maximum atomic E-state index is 13.8. The summed E-state index contributed by atoms with van der Waals surface area (Å²) in [6.07, 6.45) is 0. The average Bonchev–Trinajstić information content (AvgIpc) is 2.66. The molecule has 0 aliphatic rings. The van der Waals surface area contributed by atoms with E-state index in [-0.39, 0.29) is 12.4 Å². The fraction of sp³-hybridized carbons (Fsp3) is 0.143. The molecule has 7 heteroatoms. The lowest BCUT2D eigenvalue weighted by Crippen LogP contribution is -2.03. The van der Waals surface area contributed by atoms with Gasteiger partial charge in [-0.25, -0.2) is 4.39 Å². The van der Waals surface area contributed by atoms with Gasteiger partial charge >= 0.3 is 0 Å². The Morgan fingerprint density at radius 3 is 2.36 bits per heavy atom. The number of benzene rings is 3. The van der Waals surface area contributed by atoms with Crippen LogP contribution in [0.2, 0.25) is 10.0 Å². The van der Waals surface area contributed by atoms with Gasteiger partial charge < -0.3 is 14.8 Å². The third-order valence-corrected chi connectivity index (χ3v) is 5.19. The first-order valence-corrected chi connectivity index (χ1v) is 9.93. The van der Waals surface area contributed by atoms with Crippen LogP contribution in [-0.4, -0.2) is 7.11 Å². The number of rotatable bonds is 7. The molecule has 0 heterocycles. The second kappa shape index (κ2) is 9.50. The number of nitrogens with one attached hydrogen (secondary N) is 1. The second-order valence-corrected chi connectivity index (χ2v) is 7.71. The van der Waals surface area contributed by atoms with Crippen molar-refractivity contribution in [2.45, 2.75) is 13.2 Å². The van der Waals surface area contributed by atoms with Crippen LogP contribution in [0.15, 0.2) is 59.1 Å². The number of anilines is 1. The van der Waals surface area contributed by atoms with Crippen molar-refractivity contribution in [3.05, 3.63) is 86.1 Å². The van der Waals surface area contributed by atoms with E-state index in [0.717, 1.165) is 15.7 Å². The second-order valence-electron chi connectivity index (χ2n) is 5.99. The molecule has 0 amide bonds. The normalized spacial score (nSPS) is 10.6. The third kappa shape index (κ3) is 5.31. The summed E-state index contributed by atoms with van der Waals surface area (Å²) < 4.78 is 25.8. The summed E-state index contributed by atoms with van der Waals surface area (Å²) in [4.78, 5) is 0. The Bertz CT molecular complexity index is 964. The molecule has 146 valence electrons. The van der Waals surface area contributed by atoms with Crippen molar-refractivity contribution in [3.8, 4) is 11.5 Å². The fourth-order valence-corrected chi connectivity index (χ4v) is 3.60. The maximum absolute atomic E-state index is 13.8. The van der Waals surface area contributed by atoms with Gasteiger partial charge in [-0.1, -0.05) is 57.3 Å². The van der Waals surface area contributed by atoms with Crippen molar-refractivity contribution >= 4 is 44.8 Å². The lowest BCUT2D eigenvalue weighted by Gasteiger charge is -2.15. The van der Waals surface area contributed by atoms with E-state index in [1.807, 2.05) is 12.1 Å². The molecular weight excluding hydrogens is 468 g/mol. The van der Waals surface area contributed by atoms with Gasteiger partial charge in [0, 0.05) is 32.3 Å². The Morgan fingerprint density at radius 1 is 0.964 bits per heavy atom. The number of hydrogen-bond acceptors (Lipinski definition) is 3. The molecule has 0 aromatic heterocycles. The largest absolute Gasteiger partial charge is 0.493 e. The molecule has 3 aromatic carbocycles. The van der Waals surface area contributed by atoms with Crippen molar-refractivity contribution in [1.82, 2.24) is 0 Å². The molecule has 0 saturated heterocycles. The van der Waals surface area contributed by atoms with E-state index in [2.05, 4.69) is 21.2 Å². The van der Waals surface area contributed by atoms with Crippen LogP contribution in [0.5, 0.6) is 11.5 Å². The van der Waals surface area contributed by atoms with Gasteiger partial charge in [0.15, 0.2) is 11.5 Å². The third-order valence-electron chi connectivity index (χ3n) is 4.02.